The van der Waals surface area contributed by atoms with E-state index in [0.29, 0.717) is 42.8 Å². The van der Waals surface area contributed by atoms with Crippen LogP contribution >= 0.6 is 0 Å². The second-order valence-corrected chi connectivity index (χ2v) is 8.46. The van der Waals surface area contributed by atoms with Crippen molar-refractivity contribution in [1.82, 2.24) is 4.31 Å². The molecule has 0 amide bonds. The van der Waals surface area contributed by atoms with Gasteiger partial charge in [-0.05, 0) is 23.8 Å². The molecule has 1 saturated heterocycles. The van der Waals surface area contributed by atoms with Crippen LogP contribution in [0, 0.1) is 0 Å². The Kier molecular flexibility index (Phi) is 4.42. The van der Waals surface area contributed by atoms with Crippen LogP contribution in [0.4, 0.5) is 0 Å². The number of fused-ring (bicyclic) bond motifs is 1. The van der Waals surface area contributed by atoms with Gasteiger partial charge < -0.3 is 9.84 Å². The third kappa shape index (κ3) is 3.74. The number of Topliss-reactive ketones (excluding diaryl/α,β-unsaturated/α-hetero) is 1. The first-order valence-corrected chi connectivity index (χ1v) is 9.76. The van der Waals surface area contributed by atoms with Crippen molar-refractivity contribution >= 4 is 27.9 Å². The molecule has 0 bridgehead atoms. The average Bonchev–Trinajstić information content (AvgIpc) is 2.52. The van der Waals surface area contributed by atoms with Crippen LogP contribution in [0.25, 0.3) is 6.08 Å². The summed E-state index contributed by atoms with van der Waals surface area (Å²) in [6, 6.07) is 4.98. The number of sulfonamides is 1. The molecule has 2 aliphatic heterocycles. The molecule has 25 heavy (non-hydrogen) atoms. The fourth-order valence-corrected chi connectivity index (χ4v) is 4.13. The maximum atomic E-state index is 12.6. The van der Waals surface area contributed by atoms with Crippen LogP contribution in [0.1, 0.15) is 35.2 Å². The number of carboxylic acids is 1. The van der Waals surface area contributed by atoms with E-state index in [0.717, 1.165) is 6.08 Å². The highest BCUT2D eigenvalue weighted by Gasteiger charge is 2.44. The summed E-state index contributed by atoms with van der Waals surface area (Å²) in [5, 5.41) is 8.68. The molecule has 3 rings (SSSR count). The van der Waals surface area contributed by atoms with Crippen molar-refractivity contribution in [3.8, 4) is 5.75 Å². The predicted molar refractivity (Wildman–Crippen MR) is 91.1 cm³/mol. The Morgan fingerprint density at radius 1 is 1.32 bits per heavy atom. The Labute approximate surface area is 145 Å². The van der Waals surface area contributed by atoms with Crippen LogP contribution in [0.15, 0.2) is 24.3 Å². The summed E-state index contributed by atoms with van der Waals surface area (Å²) in [5.41, 5.74) is 0.383. The molecule has 7 nitrogen and oxygen atoms in total. The second kappa shape index (κ2) is 6.27. The molecule has 2 heterocycles. The number of carboxylic acid groups (broad SMARTS) is 1. The normalized spacial score (nSPS) is 20.4. The number of aliphatic carboxylic acids is 1. The van der Waals surface area contributed by atoms with Gasteiger partial charge in [-0.15, -0.1) is 0 Å². The van der Waals surface area contributed by atoms with Gasteiger partial charge >= 0.3 is 5.97 Å². The maximum Gasteiger partial charge on any atom is 0.328 e. The number of carbonyl (C=O) groups is 2. The van der Waals surface area contributed by atoms with Crippen LogP contribution in [-0.2, 0) is 14.8 Å². The first kappa shape index (κ1) is 17.6. The van der Waals surface area contributed by atoms with Gasteiger partial charge in [0.1, 0.15) is 11.4 Å². The van der Waals surface area contributed by atoms with Crippen molar-refractivity contribution in [3.63, 3.8) is 0 Å². The molecule has 1 aromatic rings. The smallest absolute Gasteiger partial charge is 0.328 e. The molecule has 0 unspecified atom stereocenters. The number of hydrogen-bond donors (Lipinski definition) is 1. The van der Waals surface area contributed by atoms with Crippen LogP contribution in [-0.4, -0.2) is 54.5 Å². The molecule has 1 fully saturated rings. The van der Waals surface area contributed by atoms with Crippen molar-refractivity contribution in [1.29, 1.82) is 0 Å². The average molecular weight is 365 g/mol. The first-order chi connectivity index (χ1) is 11.7. The first-order valence-electron chi connectivity index (χ1n) is 7.91. The van der Waals surface area contributed by atoms with Gasteiger partial charge in [0.2, 0.25) is 10.0 Å². The van der Waals surface area contributed by atoms with Gasteiger partial charge in [0.25, 0.3) is 0 Å². The van der Waals surface area contributed by atoms with Gasteiger partial charge in [0, 0.05) is 32.0 Å². The minimum Gasteiger partial charge on any atom is -0.486 e. The zero-order chi connectivity index (χ0) is 18.2. The number of hydrogen-bond acceptors (Lipinski definition) is 5. The van der Waals surface area contributed by atoms with E-state index in [9.17, 15) is 18.0 Å². The van der Waals surface area contributed by atoms with E-state index < -0.39 is 21.6 Å². The topological polar surface area (TPSA) is 101 Å². The Morgan fingerprint density at radius 2 is 2.00 bits per heavy atom. The van der Waals surface area contributed by atoms with Crippen LogP contribution in [0.5, 0.6) is 5.75 Å². The SMILES string of the molecule is CS(=O)(=O)N1CCC2(CC1)CC(=O)c1cc(/C=C/C(=O)O)ccc1O2. The number of ether oxygens (including phenoxy) is 1. The molecule has 1 N–H and O–H groups in total. The van der Waals surface area contributed by atoms with Crippen molar-refractivity contribution < 1.29 is 27.9 Å². The molecule has 0 aromatic heterocycles. The van der Waals surface area contributed by atoms with Crippen molar-refractivity contribution in [3.05, 3.63) is 35.4 Å². The summed E-state index contributed by atoms with van der Waals surface area (Å²) in [4.78, 5) is 23.2. The second-order valence-electron chi connectivity index (χ2n) is 6.47. The zero-order valence-corrected chi connectivity index (χ0v) is 14.6. The summed E-state index contributed by atoms with van der Waals surface area (Å²) in [6.45, 7) is 0.668. The lowest BCUT2D eigenvalue weighted by Gasteiger charge is -2.43. The molecule has 1 spiro atoms. The summed E-state index contributed by atoms with van der Waals surface area (Å²) in [7, 11) is -3.24. The van der Waals surface area contributed by atoms with E-state index in [2.05, 4.69) is 0 Å². The molecule has 134 valence electrons. The number of ketones is 1. The molecule has 8 heteroatoms. The fraction of sp³-hybridized carbons (Fsp3) is 0.412. The molecule has 0 radical (unpaired) electrons. The number of benzene rings is 1. The van der Waals surface area contributed by atoms with E-state index in [-0.39, 0.29) is 12.2 Å². The van der Waals surface area contributed by atoms with E-state index in [1.807, 2.05) is 0 Å². The summed E-state index contributed by atoms with van der Waals surface area (Å²) in [5.74, 6) is -0.659. The highest BCUT2D eigenvalue weighted by atomic mass is 32.2. The molecule has 0 saturated carbocycles. The zero-order valence-electron chi connectivity index (χ0n) is 13.8. The molecular weight excluding hydrogens is 346 g/mol. The third-order valence-electron chi connectivity index (χ3n) is 4.63. The standard InChI is InChI=1S/C17H19NO6S/c1-25(22,23)18-8-6-17(7-9-18)11-14(19)13-10-12(3-5-16(20)21)2-4-15(13)24-17/h2-5,10H,6-9,11H2,1H3,(H,20,21)/b5-3+. The van der Waals surface area contributed by atoms with Crippen molar-refractivity contribution in [2.75, 3.05) is 19.3 Å². The molecule has 2 aliphatic rings. The summed E-state index contributed by atoms with van der Waals surface area (Å²) >= 11 is 0. The molecular formula is C17H19NO6S. The van der Waals surface area contributed by atoms with Gasteiger partial charge in [0.05, 0.1) is 18.2 Å². The Balaban J connectivity index is 1.81. The van der Waals surface area contributed by atoms with E-state index in [4.69, 9.17) is 9.84 Å². The maximum absolute atomic E-state index is 12.6. The fourth-order valence-electron chi connectivity index (χ4n) is 3.29. The Morgan fingerprint density at radius 3 is 2.60 bits per heavy atom. The van der Waals surface area contributed by atoms with Crippen molar-refractivity contribution in [2.45, 2.75) is 24.9 Å². The van der Waals surface area contributed by atoms with Gasteiger partial charge in [-0.2, -0.15) is 0 Å². The number of nitrogens with zero attached hydrogens (tertiary/aromatic N) is 1. The van der Waals surface area contributed by atoms with Gasteiger partial charge in [-0.1, -0.05) is 6.07 Å². The summed E-state index contributed by atoms with van der Waals surface area (Å²) in [6.07, 6.45) is 4.74. The van der Waals surface area contributed by atoms with Gasteiger partial charge in [-0.25, -0.2) is 17.5 Å². The van der Waals surface area contributed by atoms with E-state index in [1.54, 1.807) is 18.2 Å². The highest BCUT2D eigenvalue weighted by molar-refractivity contribution is 7.88. The van der Waals surface area contributed by atoms with Crippen LogP contribution in [0.2, 0.25) is 0 Å². The Hall–Kier alpha value is -2.19. The van der Waals surface area contributed by atoms with Gasteiger partial charge in [0.15, 0.2) is 5.78 Å². The lowest BCUT2D eigenvalue weighted by atomic mass is 9.82. The van der Waals surface area contributed by atoms with Crippen LogP contribution < -0.4 is 4.74 Å². The quantitative estimate of drug-likeness (QED) is 0.816. The molecule has 0 aliphatic carbocycles. The minimum absolute atomic E-state index is 0.0698. The van der Waals surface area contributed by atoms with Gasteiger partial charge in [-0.3, -0.25) is 4.79 Å². The van der Waals surface area contributed by atoms with Crippen LogP contribution in [0.3, 0.4) is 0 Å². The number of rotatable bonds is 3. The predicted octanol–water partition coefficient (Wildman–Crippen LogP) is 1.54. The molecule has 1 aromatic carbocycles. The molecule has 0 atom stereocenters. The highest BCUT2D eigenvalue weighted by Crippen LogP contribution is 2.40. The number of carbonyl (C=O) groups excluding carboxylic acids is 1. The van der Waals surface area contributed by atoms with Crippen molar-refractivity contribution in [2.24, 2.45) is 0 Å². The largest absolute Gasteiger partial charge is 0.486 e. The van der Waals surface area contributed by atoms with E-state index >= 15 is 0 Å². The lowest BCUT2D eigenvalue weighted by Crippen LogP contribution is -2.52. The summed E-state index contributed by atoms with van der Waals surface area (Å²) < 4.78 is 30.8. The third-order valence-corrected chi connectivity index (χ3v) is 5.94. The lowest BCUT2D eigenvalue weighted by molar-refractivity contribution is -0.131. The monoisotopic (exact) mass is 365 g/mol. The minimum atomic E-state index is -3.24. The number of piperidine rings is 1. The Bertz CT molecular complexity index is 850. The van der Waals surface area contributed by atoms with E-state index in [1.165, 1.54) is 16.6 Å².